The zero-order valence-corrected chi connectivity index (χ0v) is 15.6. The summed E-state index contributed by atoms with van der Waals surface area (Å²) in [7, 11) is 3.75. The van der Waals surface area contributed by atoms with Crippen LogP contribution in [0.15, 0.2) is 17.3 Å². The van der Waals surface area contributed by atoms with E-state index in [9.17, 15) is 14.7 Å². The van der Waals surface area contributed by atoms with Crippen molar-refractivity contribution < 1.29 is 19.3 Å². The van der Waals surface area contributed by atoms with Crippen LogP contribution in [-0.2, 0) is 11.2 Å². The molecule has 3 heterocycles. The minimum atomic E-state index is -1.01. The van der Waals surface area contributed by atoms with Gasteiger partial charge in [-0.15, -0.1) is 0 Å². The molecule has 0 fully saturated rings. The molecular formula is C18H25N4O3+. The summed E-state index contributed by atoms with van der Waals surface area (Å²) in [5.41, 5.74) is 0.726. The van der Waals surface area contributed by atoms with Crippen molar-refractivity contribution in [1.29, 1.82) is 0 Å². The van der Waals surface area contributed by atoms with E-state index in [1.54, 1.807) is 11.0 Å². The summed E-state index contributed by atoms with van der Waals surface area (Å²) in [4.78, 5) is 33.3. The normalized spacial score (nSPS) is 24.8. The molecule has 0 aliphatic carbocycles. The zero-order valence-electron chi connectivity index (χ0n) is 15.6. The molecule has 0 aromatic carbocycles. The molecule has 1 N–H and O–H groups in total. The Kier molecular flexibility index (Phi) is 3.95. The Morgan fingerprint density at radius 1 is 1.48 bits per heavy atom. The van der Waals surface area contributed by atoms with Crippen molar-refractivity contribution in [1.82, 2.24) is 9.80 Å². The fourth-order valence-corrected chi connectivity index (χ4v) is 3.47. The van der Waals surface area contributed by atoms with Gasteiger partial charge in [0.1, 0.15) is 11.1 Å². The van der Waals surface area contributed by atoms with Crippen LogP contribution in [0.3, 0.4) is 0 Å². The Morgan fingerprint density at radius 3 is 2.60 bits per heavy atom. The molecule has 25 heavy (non-hydrogen) atoms. The van der Waals surface area contributed by atoms with Crippen LogP contribution < -0.4 is 4.57 Å². The number of rotatable bonds is 4. The lowest BCUT2D eigenvalue weighted by atomic mass is 9.89. The monoisotopic (exact) mass is 345 g/mol. The fourth-order valence-electron chi connectivity index (χ4n) is 3.47. The van der Waals surface area contributed by atoms with Crippen molar-refractivity contribution in [2.45, 2.75) is 45.9 Å². The van der Waals surface area contributed by atoms with Gasteiger partial charge in [-0.2, -0.15) is 4.57 Å². The van der Waals surface area contributed by atoms with E-state index in [1.807, 2.05) is 57.5 Å². The van der Waals surface area contributed by atoms with Crippen molar-refractivity contribution in [2.75, 3.05) is 14.1 Å². The number of nitrogens with zero attached hydrogens (tertiary/aromatic N) is 4. The second-order valence-electron chi connectivity index (χ2n) is 7.40. The number of hydrogen-bond donors (Lipinski definition) is 1. The summed E-state index contributed by atoms with van der Waals surface area (Å²) in [5, 5.41) is 9.73. The lowest BCUT2D eigenvalue weighted by molar-refractivity contribution is -0.748. The molecule has 3 rings (SSSR count). The molecule has 0 spiro atoms. The number of aromatic carboxylic acids is 1. The van der Waals surface area contributed by atoms with E-state index in [0.29, 0.717) is 18.0 Å². The molecule has 7 nitrogen and oxygen atoms in total. The Hall–Kier alpha value is -2.28. The highest BCUT2D eigenvalue weighted by Crippen LogP contribution is 2.38. The molecule has 1 aromatic rings. The fraction of sp³-hybridized carbons (Fsp3) is 0.556. The number of aliphatic imine (C=N–C) groups is 1. The quantitative estimate of drug-likeness (QED) is 0.834. The van der Waals surface area contributed by atoms with Crippen LogP contribution in [0, 0.1) is 5.92 Å². The topological polar surface area (TPSA) is 77.1 Å². The molecule has 0 radical (unpaired) electrons. The van der Waals surface area contributed by atoms with Gasteiger partial charge in [0.15, 0.2) is 6.20 Å². The van der Waals surface area contributed by atoms with Gasteiger partial charge in [-0.05, 0) is 39.4 Å². The molecule has 0 saturated heterocycles. The number of amides is 1. The first-order chi connectivity index (χ1) is 11.6. The Labute approximate surface area is 147 Å². The predicted molar refractivity (Wildman–Crippen MR) is 92.3 cm³/mol. The molecule has 7 heteroatoms. The van der Waals surface area contributed by atoms with Gasteiger partial charge in [-0.25, -0.2) is 19.6 Å². The van der Waals surface area contributed by atoms with Crippen LogP contribution in [0.1, 0.15) is 55.6 Å². The number of hydrogen-bond acceptors (Lipinski definition) is 4. The van der Waals surface area contributed by atoms with Crippen LogP contribution in [-0.4, -0.2) is 52.3 Å². The molecule has 2 aliphatic rings. The van der Waals surface area contributed by atoms with Gasteiger partial charge in [0, 0.05) is 5.56 Å². The molecule has 134 valence electrons. The first-order valence-electron chi connectivity index (χ1n) is 8.55. The number of carbonyl (C=O) groups excluding carboxylic acids is 1. The van der Waals surface area contributed by atoms with Gasteiger partial charge in [-0.3, -0.25) is 4.79 Å². The summed E-state index contributed by atoms with van der Waals surface area (Å²) >= 11 is 0. The van der Waals surface area contributed by atoms with Gasteiger partial charge in [0.2, 0.25) is 5.84 Å². The van der Waals surface area contributed by atoms with Crippen LogP contribution >= 0.6 is 0 Å². The average Bonchev–Trinajstić information content (AvgIpc) is 2.99. The first kappa shape index (κ1) is 17.5. The van der Waals surface area contributed by atoms with Crippen LogP contribution in [0.5, 0.6) is 0 Å². The van der Waals surface area contributed by atoms with E-state index in [0.717, 1.165) is 5.56 Å². The maximum absolute atomic E-state index is 13.2. The van der Waals surface area contributed by atoms with Crippen molar-refractivity contribution in [3.63, 3.8) is 0 Å². The maximum Gasteiger partial charge on any atom is 0.342 e. The SMILES string of the molecule is CCc1cc(C(=O)O)c2[n+](c1)C(N(C)C)N1C(=O)C(C)(C(C)C)N=C21. The molecule has 1 amide bonds. The number of aryl methyl sites for hydroxylation is 1. The lowest BCUT2D eigenvalue weighted by Crippen LogP contribution is -2.55. The first-order valence-corrected chi connectivity index (χ1v) is 8.55. The number of pyridine rings is 1. The number of carbonyl (C=O) groups is 2. The highest BCUT2D eigenvalue weighted by molar-refractivity contribution is 6.17. The molecule has 1 aromatic heterocycles. The third-order valence-corrected chi connectivity index (χ3v) is 5.28. The molecule has 0 saturated carbocycles. The second kappa shape index (κ2) is 5.62. The molecule has 2 unspecified atom stereocenters. The summed E-state index contributed by atoms with van der Waals surface area (Å²) in [5.74, 6) is -0.626. The largest absolute Gasteiger partial charge is 0.477 e. The Morgan fingerprint density at radius 2 is 2.12 bits per heavy atom. The van der Waals surface area contributed by atoms with Gasteiger partial charge in [0.25, 0.3) is 11.6 Å². The van der Waals surface area contributed by atoms with E-state index in [-0.39, 0.29) is 17.4 Å². The minimum Gasteiger partial charge on any atom is -0.477 e. The summed E-state index contributed by atoms with van der Waals surface area (Å²) in [6, 6.07) is 1.68. The number of amidine groups is 1. The number of aromatic nitrogens is 1. The zero-order chi connectivity index (χ0) is 18.7. The standard InChI is InChI=1S/C18H24N4O3/c1-7-11-8-12(15(23)24)13-14-19-18(4,10(2)3)16(25)22(14)17(20(5)6)21(13)9-11/h8-10,17H,7H2,1-6H3/p+1. The highest BCUT2D eigenvalue weighted by Gasteiger charge is 2.59. The smallest absolute Gasteiger partial charge is 0.342 e. The number of fused-ring (bicyclic) bond motifs is 3. The van der Waals surface area contributed by atoms with Gasteiger partial charge < -0.3 is 5.11 Å². The van der Waals surface area contributed by atoms with E-state index in [1.165, 1.54) is 0 Å². The van der Waals surface area contributed by atoms with Gasteiger partial charge >= 0.3 is 12.3 Å². The van der Waals surface area contributed by atoms with E-state index in [4.69, 9.17) is 4.99 Å². The van der Waals surface area contributed by atoms with Crippen molar-refractivity contribution >= 4 is 17.7 Å². The van der Waals surface area contributed by atoms with Crippen molar-refractivity contribution in [2.24, 2.45) is 10.9 Å². The Bertz CT molecular complexity index is 800. The van der Waals surface area contributed by atoms with Gasteiger partial charge in [-0.1, -0.05) is 20.8 Å². The third kappa shape index (κ3) is 2.29. The van der Waals surface area contributed by atoms with E-state index < -0.39 is 17.8 Å². The van der Waals surface area contributed by atoms with Gasteiger partial charge in [0.05, 0.1) is 0 Å². The molecule has 0 bridgehead atoms. The van der Waals surface area contributed by atoms with Crippen molar-refractivity contribution in [3.05, 3.63) is 29.1 Å². The average molecular weight is 345 g/mol. The summed E-state index contributed by atoms with van der Waals surface area (Å²) < 4.78 is 1.86. The second-order valence-corrected chi connectivity index (χ2v) is 7.40. The molecular weight excluding hydrogens is 320 g/mol. The van der Waals surface area contributed by atoms with Crippen LogP contribution in [0.25, 0.3) is 0 Å². The Balaban J connectivity index is 2.33. The summed E-state index contributed by atoms with van der Waals surface area (Å²) in [6.45, 7) is 7.72. The highest BCUT2D eigenvalue weighted by atomic mass is 16.4. The minimum absolute atomic E-state index is 0.0116. The lowest BCUT2D eigenvalue weighted by Gasteiger charge is -2.28. The van der Waals surface area contributed by atoms with Crippen LogP contribution in [0.4, 0.5) is 0 Å². The summed E-state index contributed by atoms with van der Waals surface area (Å²) in [6.07, 6.45) is 2.23. The van der Waals surface area contributed by atoms with Crippen LogP contribution in [0.2, 0.25) is 0 Å². The van der Waals surface area contributed by atoms with Crippen molar-refractivity contribution in [3.8, 4) is 0 Å². The molecule has 2 atom stereocenters. The predicted octanol–water partition coefficient (Wildman–Crippen LogP) is 1.27. The number of carboxylic acid groups (broad SMARTS) is 1. The van der Waals surface area contributed by atoms with E-state index >= 15 is 0 Å². The van der Waals surface area contributed by atoms with E-state index in [2.05, 4.69) is 0 Å². The third-order valence-electron chi connectivity index (χ3n) is 5.28. The molecule has 2 aliphatic heterocycles. The maximum atomic E-state index is 13.2. The number of carboxylic acids is 1.